The summed E-state index contributed by atoms with van der Waals surface area (Å²) in [6, 6.07) is 13.7. The highest BCUT2D eigenvalue weighted by atomic mass is 35.5. The Hall–Kier alpha value is -2.83. The first-order chi connectivity index (χ1) is 15.1. The number of nitro benzene ring substituents is 1. The topological polar surface area (TPSA) is 87.1 Å². The van der Waals surface area contributed by atoms with Crippen molar-refractivity contribution in [2.75, 3.05) is 6.61 Å². The van der Waals surface area contributed by atoms with Crippen LogP contribution in [0.25, 0.3) is 0 Å². The zero-order chi connectivity index (χ0) is 23.5. The molecular weight excluding hydrogens is 470 g/mol. The van der Waals surface area contributed by atoms with Gasteiger partial charge >= 0.3 is 0 Å². The summed E-state index contributed by atoms with van der Waals surface area (Å²) in [5.74, 6) is 1.03. The van der Waals surface area contributed by atoms with Crippen LogP contribution in [0.2, 0.25) is 0 Å². The second-order valence-corrected chi connectivity index (χ2v) is 11.4. The molecule has 178 valence electrons. The minimum atomic E-state index is -3.08. The van der Waals surface area contributed by atoms with Crippen molar-refractivity contribution in [3.8, 4) is 11.5 Å². The van der Waals surface area contributed by atoms with Crippen molar-refractivity contribution in [3.63, 3.8) is 0 Å². The molecule has 3 rings (SSSR count). The Morgan fingerprint density at radius 3 is 2.24 bits per heavy atom. The average Bonchev–Trinajstić information content (AvgIpc) is 3.16. The van der Waals surface area contributed by atoms with Crippen LogP contribution >= 0.6 is 19.7 Å². The highest BCUT2D eigenvalue weighted by molar-refractivity contribution is 7.70. The molecule has 0 N–H and O–H groups in total. The Morgan fingerprint density at radius 1 is 1.09 bits per heavy atom. The Labute approximate surface area is 198 Å². The fourth-order valence-corrected chi connectivity index (χ4v) is 6.02. The summed E-state index contributed by atoms with van der Waals surface area (Å²) in [6.45, 7) is 9.80. The van der Waals surface area contributed by atoms with E-state index >= 15 is 0 Å². The lowest BCUT2D eigenvalue weighted by Gasteiger charge is -2.35. The van der Waals surface area contributed by atoms with Crippen molar-refractivity contribution in [2.45, 2.75) is 39.8 Å². The maximum atomic E-state index is 13.5. The summed E-state index contributed by atoms with van der Waals surface area (Å²) in [5, 5.41) is 11.2. The van der Waals surface area contributed by atoms with E-state index in [1.165, 1.54) is 30.3 Å². The minimum Gasteiger partial charge on any atom is -0.494 e. The Kier molecular flexibility index (Phi) is 8.33. The maximum Gasteiger partial charge on any atom is 0.298 e. The van der Waals surface area contributed by atoms with Gasteiger partial charge in [-0.3, -0.25) is 10.1 Å². The SMILES string of the molecule is CCOc1ccc(N=P(Oc2ccc(F)cc2)(c2ccc(C)o2)C(C)(C)C)c([N+](=O)[O-])c1.Cl. The van der Waals surface area contributed by atoms with Crippen molar-refractivity contribution in [2.24, 2.45) is 4.74 Å². The quantitative estimate of drug-likeness (QED) is 0.193. The third kappa shape index (κ3) is 5.75. The number of hydrogen-bond donors (Lipinski definition) is 0. The van der Waals surface area contributed by atoms with Gasteiger partial charge in [0.2, 0.25) is 7.28 Å². The smallest absolute Gasteiger partial charge is 0.298 e. The van der Waals surface area contributed by atoms with Gasteiger partial charge < -0.3 is 13.7 Å². The monoisotopic (exact) mass is 496 g/mol. The standard InChI is InChI=1S/C23H26FN2O5P.ClH/c1-6-29-19-12-13-20(21(15-19)26(27)28)25-32(23(3,4)5,22-14-7-16(2)30-22)31-18-10-8-17(24)9-11-18;/h7-15H,6H2,1-5H3;1H. The lowest BCUT2D eigenvalue weighted by molar-refractivity contribution is -0.384. The van der Waals surface area contributed by atoms with Crippen LogP contribution in [-0.2, 0) is 0 Å². The molecule has 0 amide bonds. The summed E-state index contributed by atoms with van der Waals surface area (Å²) in [5.41, 5.74) is 0.434. The van der Waals surface area contributed by atoms with E-state index < -0.39 is 23.2 Å². The van der Waals surface area contributed by atoms with Crippen LogP contribution in [0.15, 0.2) is 63.8 Å². The number of nitro groups is 1. The van der Waals surface area contributed by atoms with Gasteiger partial charge in [0.05, 0.1) is 17.6 Å². The summed E-state index contributed by atoms with van der Waals surface area (Å²) in [6.07, 6.45) is 0. The number of aryl methyl sites for hydroxylation is 1. The molecule has 0 radical (unpaired) electrons. The van der Waals surface area contributed by atoms with Crippen LogP contribution in [0.4, 0.5) is 15.8 Å². The molecule has 0 saturated carbocycles. The molecule has 10 heteroatoms. The lowest BCUT2D eigenvalue weighted by Crippen LogP contribution is -2.26. The molecule has 0 aliphatic heterocycles. The summed E-state index contributed by atoms with van der Waals surface area (Å²) < 4.78 is 36.2. The zero-order valence-electron chi connectivity index (χ0n) is 19.1. The Morgan fingerprint density at radius 2 is 1.73 bits per heavy atom. The Bertz CT molecular complexity index is 1170. The number of rotatable bonds is 7. The molecular formula is C23H27ClFN2O5P. The van der Waals surface area contributed by atoms with Gasteiger partial charge in [-0.05, 0) is 62.4 Å². The van der Waals surface area contributed by atoms with Gasteiger partial charge in [0.15, 0.2) is 5.50 Å². The minimum absolute atomic E-state index is 0. The van der Waals surface area contributed by atoms with Gasteiger partial charge in [0, 0.05) is 5.16 Å². The van der Waals surface area contributed by atoms with E-state index in [9.17, 15) is 14.5 Å². The van der Waals surface area contributed by atoms with E-state index in [1.807, 2.05) is 20.8 Å². The van der Waals surface area contributed by atoms with Crippen molar-refractivity contribution < 1.29 is 23.0 Å². The van der Waals surface area contributed by atoms with Crippen LogP contribution in [0.1, 0.15) is 33.5 Å². The number of nitrogens with zero attached hydrogens (tertiary/aromatic N) is 2. The molecule has 33 heavy (non-hydrogen) atoms. The normalized spacial score (nSPS) is 12.9. The van der Waals surface area contributed by atoms with E-state index in [-0.39, 0.29) is 23.8 Å². The van der Waals surface area contributed by atoms with E-state index in [1.54, 1.807) is 38.1 Å². The van der Waals surface area contributed by atoms with Crippen molar-refractivity contribution >= 4 is 36.6 Å². The first-order valence-electron chi connectivity index (χ1n) is 10.1. The molecule has 1 heterocycles. The lowest BCUT2D eigenvalue weighted by atomic mass is 10.2. The molecule has 3 aromatic rings. The van der Waals surface area contributed by atoms with Gasteiger partial charge in [-0.1, -0.05) is 20.8 Å². The predicted octanol–water partition coefficient (Wildman–Crippen LogP) is 7.41. The zero-order valence-corrected chi connectivity index (χ0v) is 20.8. The highest BCUT2D eigenvalue weighted by Gasteiger charge is 2.42. The largest absolute Gasteiger partial charge is 0.494 e. The molecule has 0 aliphatic rings. The molecule has 1 aromatic heterocycles. The second kappa shape index (κ2) is 10.4. The maximum absolute atomic E-state index is 13.5. The fraction of sp³-hybridized carbons (Fsp3) is 0.304. The number of hydrogen-bond acceptors (Lipinski definition) is 6. The van der Waals surface area contributed by atoms with Crippen molar-refractivity contribution in [1.29, 1.82) is 0 Å². The van der Waals surface area contributed by atoms with Crippen molar-refractivity contribution in [1.82, 2.24) is 0 Å². The molecule has 7 nitrogen and oxygen atoms in total. The molecule has 0 saturated heterocycles. The number of furan rings is 1. The number of benzene rings is 2. The molecule has 0 fully saturated rings. The number of ether oxygens (including phenoxy) is 1. The number of halogens is 2. The highest BCUT2D eigenvalue weighted by Crippen LogP contribution is 2.62. The summed E-state index contributed by atoms with van der Waals surface area (Å²) in [4.78, 5) is 11.4. The molecule has 1 unspecified atom stereocenters. The van der Waals surface area contributed by atoms with Gasteiger partial charge in [-0.2, -0.15) is 0 Å². The third-order valence-corrected chi connectivity index (χ3v) is 8.32. The van der Waals surface area contributed by atoms with Crippen LogP contribution in [-0.4, -0.2) is 16.7 Å². The van der Waals surface area contributed by atoms with E-state index in [0.29, 0.717) is 29.4 Å². The molecule has 0 bridgehead atoms. The van der Waals surface area contributed by atoms with Crippen LogP contribution in [0.3, 0.4) is 0 Å². The molecule has 2 aromatic carbocycles. The first kappa shape index (κ1) is 26.4. The molecule has 0 aliphatic carbocycles. The van der Waals surface area contributed by atoms with E-state index in [2.05, 4.69) is 0 Å². The first-order valence-corrected chi connectivity index (χ1v) is 11.8. The summed E-state index contributed by atoms with van der Waals surface area (Å²) in [7, 11) is -3.08. The van der Waals surface area contributed by atoms with Crippen LogP contribution < -0.4 is 14.8 Å². The average molecular weight is 497 g/mol. The predicted molar refractivity (Wildman–Crippen MR) is 130 cm³/mol. The molecule has 0 spiro atoms. The van der Waals surface area contributed by atoms with Gasteiger partial charge in [0.1, 0.15) is 28.8 Å². The van der Waals surface area contributed by atoms with E-state index in [4.69, 9.17) is 18.4 Å². The fourth-order valence-electron chi connectivity index (χ4n) is 3.11. The Balaban J connectivity index is 0.00000385. The van der Waals surface area contributed by atoms with Crippen molar-refractivity contribution in [3.05, 3.63) is 76.3 Å². The molecule has 1 atom stereocenters. The van der Waals surface area contributed by atoms with E-state index in [0.717, 1.165) is 0 Å². The third-order valence-electron chi connectivity index (χ3n) is 4.69. The van der Waals surface area contributed by atoms with Crippen LogP contribution in [0, 0.1) is 22.9 Å². The summed E-state index contributed by atoms with van der Waals surface area (Å²) >= 11 is 0. The van der Waals surface area contributed by atoms with Crippen LogP contribution in [0.5, 0.6) is 11.5 Å². The van der Waals surface area contributed by atoms with Gasteiger partial charge in [0.25, 0.3) is 5.69 Å². The van der Waals surface area contributed by atoms with Gasteiger partial charge in [-0.25, -0.2) is 9.14 Å². The van der Waals surface area contributed by atoms with Gasteiger partial charge in [-0.15, -0.1) is 12.4 Å². The second-order valence-electron chi connectivity index (χ2n) is 8.12.